The van der Waals surface area contributed by atoms with Crippen LogP contribution in [0.5, 0.6) is 0 Å². The first-order valence-corrected chi connectivity index (χ1v) is 12.8. The molecule has 34 heavy (non-hydrogen) atoms. The van der Waals surface area contributed by atoms with E-state index in [2.05, 4.69) is 60.8 Å². The molecule has 3 aromatic rings. The zero-order chi connectivity index (χ0) is 24.3. The van der Waals surface area contributed by atoms with E-state index in [1.807, 2.05) is 20.0 Å². The van der Waals surface area contributed by atoms with Crippen LogP contribution in [0.3, 0.4) is 0 Å². The first-order valence-electron chi connectivity index (χ1n) is 12.8. The minimum atomic E-state index is -0.0522. The lowest BCUT2D eigenvalue weighted by atomic mass is 10.0. The molecule has 1 aliphatic rings. The van der Waals surface area contributed by atoms with Crippen molar-refractivity contribution in [3.05, 3.63) is 64.6 Å². The van der Waals surface area contributed by atoms with Gasteiger partial charge in [-0.05, 0) is 50.5 Å². The molecule has 0 saturated heterocycles. The number of benzene rings is 1. The Bertz CT molecular complexity index is 1150. The Balaban J connectivity index is 1.54. The van der Waals surface area contributed by atoms with Crippen molar-refractivity contribution in [2.75, 3.05) is 20.3 Å². The average molecular weight is 463 g/mol. The second-order valence-electron chi connectivity index (χ2n) is 10.5. The summed E-state index contributed by atoms with van der Waals surface area (Å²) in [5.41, 5.74) is 7.79. The summed E-state index contributed by atoms with van der Waals surface area (Å²) in [5.74, 6) is -0.0729. The number of unbranched alkanes of at least 4 members (excludes halogenated alkanes) is 1. The van der Waals surface area contributed by atoms with Crippen LogP contribution < -0.4 is 0 Å². The molecule has 2 unspecified atom stereocenters. The lowest BCUT2D eigenvalue weighted by Gasteiger charge is -2.37. The molecule has 0 fully saturated rings. The monoisotopic (exact) mass is 462 g/mol. The summed E-state index contributed by atoms with van der Waals surface area (Å²) in [4.78, 5) is 17.0. The van der Waals surface area contributed by atoms with Crippen LogP contribution in [0.2, 0.25) is 0 Å². The second kappa shape index (κ2) is 10.3. The molecule has 5 nitrogen and oxygen atoms in total. The van der Waals surface area contributed by atoms with Crippen LogP contribution in [-0.2, 0) is 35.5 Å². The van der Waals surface area contributed by atoms with Crippen molar-refractivity contribution in [3.8, 4) is 0 Å². The van der Waals surface area contributed by atoms with Crippen LogP contribution in [0.4, 0.5) is 0 Å². The number of rotatable bonds is 9. The van der Waals surface area contributed by atoms with Crippen molar-refractivity contribution < 1.29 is 14.0 Å². The Labute approximate surface area is 204 Å². The van der Waals surface area contributed by atoms with Crippen LogP contribution >= 0.6 is 0 Å². The van der Waals surface area contributed by atoms with E-state index in [4.69, 9.17) is 4.74 Å². The van der Waals surface area contributed by atoms with Gasteiger partial charge in [0.1, 0.15) is 6.54 Å². The third-order valence-electron chi connectivity index (χ3n) is 7.38. The van der Waals surface area contributed by atoms with E-state index in [1.54, 1.807) is 0 Å². The highest BCUT2D eigenvalue weighted by Gasteiger charge is 2.34. The SMILES string of the molecule is CCCCC(C)C(=O)OC[N+]1(C)CCc2c(c3cc(C)ccc3n2CCc2ccc(C)nc2)C1. The smallest absolute Gasteiger partial charge is 0.312 e. The molecule has 0 amide bonds. The molecule has 3 heterocycles. The van der Waals surface area contributed by atoms with Crippen molar-refractivity contribution in [3.63, 3.8) is 0 Å². The Kier molecular flexibility index (Phi) is 7.42. The number of fused-ring (bicyclic) bond motifs is 3. The third kappa shape index (κ3) is 5.35. The lowest BCUT2D eigenvalue weighted by molar-refractivity contribution is -0.940. The van der Waals surface area contributed by atoms with Gasteiger partial charge < -0.3 is 9.30 Å². The number of aromatic nitrogens is 2. The molecule has 182 valence electrons. The summed E-state index contributed by atoms with van der Waals surface area (Å²) in [7, 11) is 2.23. The molecular formula is C29H40N3O2+. The van der Waals surface area contributed by atoms with Gasteiger partial charge in [0.2, 0.25) is 6.73 Å². The zero-order valence-electron chi connectivity index (χ0n) is 21.6. The average Bonchev–Trinajstić information content (AvgIpc) is 3.12. The predicted octanol–water partition coefficient (Wildman–Crippen LogP) is 5.73. The standard InChI is InChI=1S/C29H40N3O2/c1-6-7-8-22(3)29(33)34-20-32(5)16-14-28-26(19-32)25-17-21(2)9-12-27(25)31(28)15-13-24-11-10-23(4)30-18-24/h9-12,17-18,22H,6-8,13-16,19-20H2,1-5H3/q+1. The van der Waals surface area contributed by atoms with Crippen molar-refractivity contribution in [1.82, 2.24) is 9.55 Å². The minimum Gasteiger partial charge on any atom is -0.415 e. The number of hydrogen-bond donors (Lipinski definition) is 0. The van der Waals surface area contributed by atoms with Crippen LogP contribution in [0, 0.1) is 19.8 Å². The number of pyridine rings is 1. The Morgan fingerprint density at radius 1 is 1.24 bits per heavy atom. The Morgan fingerprint density at radius 3 is 2.79 bits per heavy atom. The topological polar surface area (TPSA) is 44.1 Å². The van der Waals surface area contributed by atoms with Gasteiger partial charge in [0.15, 0.2) is 0 Å². The summed E-state index contributed by atoms with van der Waals surface area (Å²) < 4.78 is 9.10. The summed E-state index contributed by atoms with van der Waals surface area (Å²) in [6.07, 6.45) is 7.06. The first kappa shape index (κ1) is 24.5. The second-order valence-corrected chi connectivity index (χ2v) is 10.5. The first-order chi connectivity index (χ1) is 16.3. The summed E-state index contributed by atoms with van der Waals surface area (Å²) in [6.45, 7) is 11.6. The summed E-state index contributed by atoms with van der Waals surface area (Å²) in [5, 5.41) is 1.35. The minimum absolute atomic E-state index is 0.0206. The van der Waals surface area contributed by atoms with Gasteiger partial charge in [0.25, 0.3) is 0 Å². The third-order valence-corrected chi connectivity index (χ3v) is 7.38. The number of likely N-dealkylation sites (N-methyl/N-ethyl adjacent to an activating group) is 1. The van der Waals surface area contributed by atoms with Crippen LogP contribution in [0.15, 0.2) is 36.5 Å². The highest BCUT2D eigenvalue weighted by molar-refractivity contribution is 5.86. The van der Waals surface area contributed by atoms with Gasteiger partial charge in [-0.1, -0.05) is 44.4 Å². The van der Waals surface area contributed by atoms with Crippen molar-refractivity contribution >= 4 is 16.9 Å². The van der Waals surface area contributed by atoms with E-state index >= 15 is 0 Å². The number of esters is 1. The van der Waals surface area contributed by atoms with E-state index in [-0.39, 0.29) is 11.9 Å². The maximum absolute atomic E-state index is 12.5. The van der Waals surface area contributed by atoms with Gasteiger partial charge in [-0.2, -0.15) is 0 Å². The molecular weight excluding hydrogens is 422 g/mol. The molecule has 0 aliphatic carbocycles. The molecule has 5 heteroatoms. The van der Waals surface area contributed by atoms with Crippen molar-refractivity contribution in [2.45, 2.75) is 72.9 Å². The lowest BCUT2D eigenvalue weighted by Crippen LogP contribution is -2.49. The molecule has 2 atom stereocenters. The molecule has 2 aromatic heterocycles. The largest absolute Gasteiger partial charge is 0.415 e. The van der Waals surface area contributed by atoms with Gasteiger partial charge in [0.05, 0.1) is 19.5 Å². The Hall–Kier alpha value is -2.66. The maximum Gasteiger partial charge on any atom is 0.312 e. The highest BCUT2D eigenvalue weighted by atomic mass is 16.5. The molecule has 1 aliphatic heterocycles. The van der Waals surface area contributed by atoms with E-state index in [0.717, 1.165) is 61.9 Å². The van der Waals surface area contributed by atoms with Crippen molar-refractivity contribution in [2.24, 2.45) is 5.92 Å². The van der Waals surface area contributed by atoms with Gasteiger partial charge in [-0.3, -0.25) is 14.3 Å². The normalized spacial score (nSPS) is 18.6. The van der Waals surface area contributed by atoms with Gasteiger partial charge in [-0.15, -0.1) is 0 Å². The predicted molar refractivity (Wildman–Crippen MR) is 137 cm³/mol. The molecule has 1 aromatic carbocycles. The van der Waals surface area contributed by atoms with E-state index in [1.165, 1.54) is 33.3 Å². The van der Waals surface area contributed by atoms with Gasteiger partial charge >= 0.3 is 5.97 Å². The molecule has 0 saturated carbocycles. The van der Waals surface area contributed by atoms with E-state index < -0.39 is 0 Å². The quantitative estimate of drug-likeness (QED) is 0.301. The molecule has 0 bridgehead atoms. The number of hydrogen-bond acceptors (Lipinski definition) is 3. The number of ether oxygens (including phenoxy) is 1. The van der Waals surface area contributed by atoms with E-state index in [9.17, 15) is 4.79 Å². The van der Waals surface area contributed by atoms with Crippen molar-refractivity contribution in [1.29, 1.82) is 0 Å². The van der Waals surface area contributed by atoms with Crippen LogP contribution in [0.25, 0.3) is 10.9 Å². The number of aryl methyl sites for hydroxylation is 4. The van der Waals surface area contributed by atoms with E-state index in [0.29, 0.717) is 6.73 Å². The summed E-state index contributed by atoms with van der Waals surface area (Å²) >= 11 is 0. The fourth-order valence-electron chi connectivity index (χ4n) is 5.13. The number of nitrogens with zero attached hydrogens (tertiary/aromatic N) is 3. The fourth-order valence-corrected chi connectivity index (χ4v) is 5.13. The number of quaternary nitrogens is 1. The molecule has 0 N–H and O–H groups in total. The number of carbonyl (C=O) groups is 1. The maximum atomic E-state index is 12.5. The highest BCUT2D eigenvalue weighted by Crippen LogP contribution is 2.34. The summed E-state index contributed by atoms with van der Waals surface area (Å²) in [6, 6.07) is 11.1. The van der Waals surface area contributed by atoms with Gasteiger partial charge in [0, 0.05) is 47.0 Å². The Morgan fingerprint density at radius 2 is 2.06 bits per heavy atom. The molecule has 4 rings (SSSR count). The zero-order valence-corrected chi connectivity index (χ0v) is 21.6. The number of carbonyl (C=O) groups excluding carboxylic acids is 1. The van der Waals surface area contributed by atoms with Gasteiger partial charge in [-0.25, -0.2) is 0 Å². The van der Waals surface area contributed by atoms with Crippen LogP contribution in [0.1, 0.15) is 61.2 Å². The molecule has 0 spiro atoms. The fraction of sp³-hybridized carbons (Fsp3) is 0.517. The molecule has 0 radical (unpaired) electrons. The van der Waals surface area contributed by atoms with Crippen LogP contribution in [-0.4, -0.2) is 40.3 Å².